The largest absolute Gasteiger partial charge is 0.497 e. The first-order valence-corrected chi connectivity index (χ1v) is 10.3. The quantitative estimate of drug-likeness (QED) is 0.489. The molecule has 0 fully saturated rings. The van der Waals surface area contributed by atoms with Crippen LogP contribution < -0.4 is 15.4 Å². The minimum atomic E-state index is -0.508. The Labute approximate surface area is 190 Å². The highest BCUT2D eigenvalue weighted by Crippen LogP contribution is 2.36. The van der Waals surface area contributed by atoms with Gasteiger partial charge in [0.2, 0.25) is 5.95 Å². The van der Waals surface area contributed by atoms with E-state index in [0.717, 1.165) is 16.9 Å². The Hall–Kier alpha value is -4.53. The number of methoxy groups -OCH3 is 1. The number of ether oxygens (including phenoxy) is 1. The van der Waals surface area contributed by atoms with Gasteiger partial charge in [-0.15, -0.1) is 5.10 Å². The number of hydrogen-bond acceptors (Lipinski definition) is 7. The molecule has 1 unspecified atom stereocenters. The van der Waals surface area contributed by atoms with Gasteiger partial charge in [0.05, 0.1) is 24.6 Å². The van der Waals surface area contributed by atoms with Gasteiger partial charge in [-0.25, -0.2) is 4.68 Å². The minimum absolute atomic E-state index is 0.256. The lowest BCUT2D eigenvalue weighted by atomic mass is 9.96. The van der Waals surface area contributed by atoms with Gasteiger partial charge in [-0.2, -0.15) is 4.98 Å². The molecule has 0 saturated heterocycles. The Morgan fingerprint density at radius 2 is 1.82 bits per heavy atom. The molecule has 0 bridgehead atoms. The van der Waals surface area contributed by atoms with Gasteiger partial charge in [0, 0.05) is 29.9 Å². The predicted molar refractivity (Wildman–Crippen MR) is 124 cm³/mol. The summed E-state index contributed by atoms with van der Waals surface area (Å²) in [4.78, 5) is 26.4. The van der Waals surface area contributed by atoms with E-state index in [0.29, 0.717) is 28.7 Å². The summed E-state index contributed by atoms with van der Waals surface area (Å²) in [6, 6.07) is 14.3. The molecule has 1 aromatic carbocycles. The molecule has 33 heavy (non-hydrogen) atoms. The summed E-state index contributed by atoms with van der Waals surface area (Å²) < 4.78 is 6.97. The Bertz CT molecular complexity index is 1320. The van der Waals surface area contributed by atoms with Crippen LogP contribution in [0, 0.1) is 0 Å². The van der Waals surface area contributed by atoms with Crippen LogP contribution in [-0.2, 0) is 4.79 Å². The van der Waals surface area contributed by atoms with Gasteiger partial charge >= 0.3 is 0 Å². The normalized spacial score (nSPS) is 14.9. The minimum Gasteiger partial charge on any atom is -0.497 e. The zero-order valence-corrected chi connectivity index (χ0v) is 18.1. The molecular formula is C24H21N7O2. The lowest BCUT2D eigenvalue weighted by Crippen LogP contribution is -2.31. The number of carbonyl (C=O) groups excluding carboxylic acids is 1. The predicted octanol–water partition coefficient (Wildman–Crippen LogP) is 3.67. The highest BCUT2D eigenvalue weighted by molar-refractivity contribution is 6.05. The van der Waals surface area contributed by atoms with Crippen LogP contribution in [0.5, 0.6) is 5.75 Å². The van der Waals surface area contributed by atoms with Gasteiger partial charge in [0.1, 0.15) is 11.8 Å². The van der Waals surface area contributed by atoms with Gasteiger partial charge in [0.25, 0.3) is 5.91 Å². The Balaban J connectivity index is 1.57. The number of nitrogens with one attached hydrogen (secondary N) is 2. The van der Waals surface area contributed by atoms with E-state index in [-0.39, 0.29) is 5.91 Å². The van der Waals surface area contributed by atoms with Crippen molar-refractivity contribution in [3.63, 3.8) is 0 Å². The third kappa shape index (κ3) is 3.91. The SMILES string of the molecule is COc1ccc(-c2nc3n(n2)C(c2cccnc2)C(C(=O)Nc2cccnc2)=C(C)N3)cc1. The van der Waals surface area contributed by atoms with Gasteiger partial charge in [-0.05, 0) is 55.0 Å². The average Bonchev–Trinajstić information content (AvgIpc) is 3.28. The number of nitrogens with zero attached hydrogens (tertiary/aromatic N) is 5. The maximum Gasteiger partial charge on any atom is 0.255 e. The molecule has 0 radical (unpaired) electrons. The van der Waals surface area contributed by atoms with E-state index >= 15 is 0 Å². The fourth-order valence-corrected chi connectivity index (χ4v) is 3.79. The summed E-state index contributed by atoms with van der Waals surface area (Å²) >= 11 is 0. The molecule has 0 saturated carbocycles. The van der Waals surface area contributed by atoms with E-state index in [9.17, 15) is 4.79 Å². The molecule has 3 aromatic heterocycles. The molecular weight excluding hydrogens is 418 g/mol. The number of hydrogen-bond donors (Lipinski definition) is 2. The second kappa shape index (κ2) is 8.54. The van der Waals surface area contributed by atoms with Crippen LogP contribution in [0.25, 0.3) is 11.4 Å². The van der Waals surface area contributed by atoms with E-state index < -0.39 is 6.04 Å². The molecule has 0 aliphatic carbocycles. The number of rotatable bonds is 5. The van der Waals surface area contributed by atoms with Crippen LogP contribution >= 0.6 is 0 Å². The smallest absolute Gasteiger partial charge is 0.255 e. The second-order valence-electron chi connectivity index (χ2n) is 7.48. The fourth-order valence-electron chi connectivity index (χ4n) is 3.79. The van der Waals surface area contributed by atoms with Crippen molar-refractivity contribution in [2.75, 3.05) is 17.7 Å². The maximum absolute atomic E-state index is 13.4. The van der Waals surface area contributed by atoms with Crippen LogP contribution in [0.1, 0.15) is 18.5 Å². The first-order valence-electron chi connectivity index (χ1n) is 10.3. The van der Waals surface area contributed by atoms with E-state index in [1.807, 2.05) is 43.3 Å². The van der Waals surface area contributed by atoms with Crippen molar-refractivity contribution in [3.8, 4) is 17.1 Å². The molecule has 1 aliphatic heterocycles. The van der Waals surface area contributed by atoms with Crippen molar-refractivity contribution in [3.05, 3.63) is 90.2 Å². The van der Waals surface area contributed by atoms with Crippen LogP contribution in [-0.4, -0.2) is 37.7 Å². The fraction of sp³-hybridized carbons (Fsp3) is 0.125. The molecule has 1 aliphatic rings. The highest BCUT2D eigenvalue weighted by atomic mass is 16.5. The standard InChI is InChI=1S/C24H21N7O2/c1-15-20(23(32)28-18-6-4-12-26-14-18)21(17-5-3-11-25-13-17)31-24(27-15)29-22(30-31)16-7-9-19(33-2)10-8-16/h3-14,21H,1-2H3,(H,28,32)(H,27,29,30). The lowest BCUT2D eigenvalue weighted by Gasteiger charge is -2.28. The highest BCUT2D eigenvalue weighted by Gasteiger charge is 2.34. The number of aromatic nitrogens is 5. The van der Waals surface area contributed by atoms with Crippen molar-refractivity contribution in [1.82, 2.24) is 24.7 Å². The topological polar surface area (TPSA) is 107 Å². The van der Waals surface area contributed by atoms with E-state index in [1.54, 1.807) is 48.7 Å². The van der Waals surface area contributed by atoms with Gasteiger partial charge < -0.3 is 15.4 Å². The molecule has 0 spiro atoms. The van der Waals surface area contributed by atoms with Crippen molar-refractivity contribution >= 4 is 17.5 Å². The van der Waals surface area contributed by atoms with Crippen LogP contribution in [0.4, 0.5) is 11.6 Å². The molecule has 9 nitrogen and oxygen atoms in total. The number of anilines is 2. The second-order valence-corrected chi connectivity index (χ2v) is 7.48. The molecule has 2 N–H and O–H groups in total. The zero-order chi connectivity index (χ0) is 22.8. The van der Waals surface area contributed by atoms with Crippen molar-refractivity contribution in [2.45, 2.75) is 13.0 Å². The number of allylic oxidation sites excluding steroid dienone is 1. The number of benzene rings is 1. The summed E-state index contributed by atoms with van der Waals surface area (Å²) in [5, 5.41) is 10.9. The average molecular weight is 439 g/mol. The Morgan fingerprint density at radius 1 is 1.06 bits per heavy atom. The monoisotopic (exact) mass is 439 g/mol. The summed E-state index contributed by atoms with van der Waals surface area (Å²) in [6.45, 7) is 1.85. The zero-order valence-electron chi connectivity index (χ0n) is 18.1. The molecule has 4 aromatic rings. The molecule has 4 heterocycles. The van der Waals surface area contributed by atoms with E-state index in [1.165, 1.54) is 0 Å². The van der Waals surface area contributed by atoms with Crippen molar-refractivity contribution < 1.29 is 9.53 Å². The van der Waals surface area contributed by atoms with E-state index in [2.05, 4.69) is 25.6 Å². The molecule has 1 amide bonds. The third-order valence-electron chi connectivity index (χ3n) is 5.36. The maximum atomic E-state index is 13.4. The van der Waals surface area contributed by atoms with E-state index in [4.69, 9.17) is 9.84 Å². The van der Waals surface area contributed by atoms with Crippen molar-refractivity contribution in [2.24, 2.45) is 0 Å². The van der Waals surface area contributed by atoms with Crippen LogP contribution in [0.3, 0.4) is 0 Å². The molecule has 9 heteroatoms. The third-order valence-corrected chi connectivity index (χ3v) is 5.36. The van der Waals surface area contributed by atoms with Crippen LogP contribution in [0.15, 0.2) is 84.6 Å². The van der Waals surface area contributed by atoms with Crippen LogP contribution in [0.2, 0.25) is 0 Å². The summed E-state index contributed by atoms with van der Waals surface area (Å²) in [5.74, 6) is 1.58. The number of amides is 1. The van der Waals surface area contributed by atoms with Gasteiger partial charge in [-0.3, -0.25) is 14.8 Å². The number of pyridine rings is 2. The number of carbonyl (C=O) groups is 1. The van der Waals surface area contributed by atoms with Gasteiger partial charge in [0.15, 0.2) is 5.82 Å². The molecule has 5 rings (SSSR count). The molecule has 164 valence electrons. The lowest BCUT2D eigenvalue weighted by molar-refractivity contribution is -0.113. The summed E-state index contributed by atoms with van der Waals surface area (Å²) in [6.07, 6.45) is 6.69. The number of fused-ring (bicyclic) bond motifs is 1. The first kappa shape index (κ1) is 20.4. The van der Waals surface area contributed by atoms with Gasteiger partial charge in [-0.1, -0.05) is 6.07 Å². The summed E-state index contributed by atoms with van der Waals surface area (Å²) in [5.41, 5.74) is 3.47. The van der Waals surface area contributed by atoms with Crippen molar-refractivity contribution in [1.29, 1.82) is 0 Å². The Kier molecular flexibility index (Phi) is 5.27. The summed E-state index contributed by atoms with van der Waals surface area (Å²) in [7, 11) is 1.62. The Morgan fingerprint density at radius 3 is 2.48 bits per heavy atom. The first-order chi connectivity index (χ1) is 16.1. The molecule has 1 atom stereocenters.